The van der Waals surface area contributed by atoms with Gasteiger partial charge in [-0.05, 0) is 24.6 Å². The van der Waals surface area contributed by atoms with E-state index in [2.05, 4.69) is 21.0 Å². The number of aryl methyl sites for hydroxylation is 1. The van der Waals surface area contributed by atoms with Gasteiger partial charge < -0.3 is 4.90 Å². The summed E-state index contributed by atoms with van der Waals surface area (Å²) in [6.07, 6.45) is 3.64. The second-order valence-corrected chi connectivity index (χ2v) is 5.80. The molecule has 1 saturated heterocycles. The average Bonchev–Trinajstić information content (AvgIpc) is 2.63. The molecule has 0 N–H and O–H groups in total. The second-order valence-electron chi connectivity index (χ2n) is 5.80. The molecule has 1 fully saturated rings. The molecule has 1 amide bonds. The molecule has 0 bridgehead atoms. The van der Waals surface area contributed by atoms with Crippen LogP contribution in [0.5, 0.6) is 0 Å². The average molecular weight is 327 g/mol. The summed E-state index contributed by atoms with van der Waals surface area (Å²) in [6.45, 7) is 6.08. The molecule has 24 heavy (non-hydrogen) atoms. The van der Waals surface area contributed by atoms with E-state index in [9.17, 15) is 9.59 Å². The molecule has 7 heteroatoms. The van der Waals surface area contributed by atoms with E-state index in [0.717, 1.165) is 19.6 Å². The van der Waals surface area contributed by atoms with Crippen LogP contribution >= 0.6 is 0 Å². The largest absolute Gasteiger partial charge is 0.335 e. The Morgan fingerprint density at radius 3 is 2.62 bits per heavy atom. The third-order valence-corrected chi connectivity index (χ3v) is 4.17. The van der Waals surface area contributed by atoms with E-state index in [1.54, 1.807) is 11.1 Å². The SMILES string of the molecule is CCn1nc(C(=O)N2CCN(Cc3cccnc3)CC2)ccc1=O. The molecule has 0 atom stereocenters. The van der Waals surface area contributed by atoms with Gasteiger partial charge in [-0.1, -0.05) is 6.07 Å². The van der Waals surface area contributed by atoms with Gasteiger partial charge in [-0.25, -0.2) is 4.68 Å². The van der Waals surface area contributed by atoms with Crippen LogP contribution in [0.25, 0.3) is 0 Å². The third kappa shape index (κ3) is 3.68. The van der Waals surface area contributed by atoms with Gasteiger partial charge in [0.25, 0.3) is 11.5 Å². The van der Waals surface area contributed by atoms with Gasteiger partial charge in [-0.3, -0.25) is 19.5 Å². The number of aromatic nitrogens is 3. The van der Waals surface area contributed by atoms with Gasteiger partial charge in [0.05, 0.1) is 0 Å². The standard InChI is InChI=1S/C17H21N5O2/c1-2-22-16(23)6-5-15(19-22)17(24)21-10-8-20(9-11-21)13-14-4-3-7-18-12-14/h3-7,12H,2,8-11,13H2,1H3. The molecule has 7 nitrogen and oxygen atoms in total. The lowest BCUT2D eigenvalue weighted by atomic mass is 10.2. The first kappa shape index (κ1) is 16.3. The molecule has 1 aliphatic heterocycles. The van der Waals surface area contributed by atoms with Crippen LogP contribution in [-0.4, -0.2) is 56.7 Å². The summed E-state index contributed by atoms with van der Waals surface area (Å²) < 4.78 is 1.31. The summed E-state index contributed by atoms with van der Waals surface area (Å²) >= 11 is 0. The van der Waals surface area contributed by atoms with Crippen molar-refractivity contribution in [1.82, 2.24) is 24.6 Å². The predicted molar refractivity (Wildman–Crippen MR) is 89.6 cm³/mol. The van der Waals surface area contributed by atoms with Gasteiger partial charge in [-0.2, -0.15) is 5.10 Å². The maximum Gasteiger partial charge on any atom is 0.274 e. The van der Waals surface area contributed by atoms with Crippen LogP contribution in [0.1, 0.15) is 23.0 Å². The molecule has 126 valence electrons. The second kappa shape index (κ2) is 7.35. The third-order valence-electron chi connectivity index (χ3n) is 4.17. The topological polar surface area (TPSA) is 71.3 Å². The fraction of sp³-hybridized carbons (Fsp3) is 0.412. The Morgan fingerprint density at radius 2 is 1.96 bits per heavy atom. The Kier molecular flexibility index (Phi) is 5.00. The van der Waals surface area contributed by atoms with E-state index < -0.39 is 0 Å². The molecule has 1 aliphatic rings. The Bertz CT molecular complexity index is 751. The monoisotopic (exact) mass is 327 g/mol. The maximum absolute atomic E-state index is 12.6. The molecule has 3 rings (SSSR count). The van der Waals surface area contributed by atoms with Gasteiger partial charge in [0.2, 0.25) is 0 Å². The van der Waals surface area contributed by atoms with Crippen LogP contribution in [0, 0.1) is 0 Å². The van der Waals surface area contributed by atoms with E-state index in [0.29, 0.717) is 25.3 Å². The summed E-state index contributed by atoms with van der Waals surface area (Å²) in [5, 5.41) is 4.14. The van der Waals surface area contributed by atoms with Crippen molar-refractivity contribution < 1.29 is 4.79 Å². The molecule has 2 aromatic rings. The highest BCUT2D eigenvalue weighted by molar-refractivity contribution is 5.92. The number of rotatable bonds is 4. The first-order valence-electron chi connectivity index (χ1n) is 8.16. The van der Waals surface area contributed by atoms with Crippen molar-refractivity contribution in [3.8, 4) is 0 Å². The van der Waals surface area contributed by atoms with Crippen LogP contribution in [0.2, 0.25) is 0 Å². The fourth-order valence-corrected chi connectivity index (χ4v) is 2.81. The van der Waals surface area contributed by atoms with Crippen LogP contribution in [0.3, 0.4) is 0 Å². The molecule has 0 radical (unpaired) electrons. The van der Waals surface area contributed by atoms with E-state index in [4.69, 9.17) is 0 Å². The number of pyridine rings is 1. The lowest BCUT2D eigenvalue weighted by Gasteiger charge is -2.34. The summed E-state index contributed by atoms with van der Waals surface area (Å²) in [6, 6.07) is 6.91. The lowest BCUT2D eigenvalue weighted by molar-refractivity contribution is 0.0620. The van der Waals surface area contributed by atoms with Crippen molar-refractivity contribution in [3.63, 3.8) is 0 Å². The molecular weight excluding hydrogens is 306 g/mol. The summed E-state index contributed by atoms with van der Waals surface area (Å²) in [5.41, 5.74) is 1.32. The maximum atomic E-state index is 12.6. The highest BCUT2D eigenvalue weighted by Crippen LogP contribution is 2.09. The van der Waals surface area contributed by atoms with E-state index in [-0.39, 0.29) is 11.5 Å². The number of nitrogens with zero attached hydrogens (tertiary/aromatic N) is 5. The molecule has 0 saturated carbocycles. The van der Waals surface area contributed by atoms with Crippen molar-refractivity contribution in [3.05, 3.63) is 58.3 Å². The van der Waals surface area contributed by atoms with Crippen molar-refractivity contribution in [2.75, 3.05) is 26.2 Å². The number of amides is 1. The Hall–Kier alpha value is -2.54. The Labute approximate surface area is 140 Å². The van der Waals surface area contributed by atoms with Gasteiger partial charge >= 0.3 is 0 Å². The fourth-order valence-electron chi connectivity index (χ4n) is 2.81. The molecule has 0 aromatic carbocycles. The van der Waals surface area contributed by atoms with Gasteiger partial charge in [0.1, 0.15) is 5.69 Å². The minimum absolute atomic E-state index is 0.113. The molecule has 0 spiro atoms. The molecule has 2 aromatic heterocycles. The Balaban J connectivity index is 1.60. The van der Waals surface area contributed by atoms with Crippen LogP contribution in [-0.2, 0) is 13.1 Å². The van der Waals surface area contributed by atoms with E-state index in [1.807, 2.05) is 19.2 Å². The Morgan fingerprint density at radius 1 is 1.17 bits per heavy atom. The first-order chi connectivity index (χ1) is 11.7. The zero-order valence-corrected chi connectivity index (χ0v) is 13.8. The molecular formula is C17H21N5O2. The zero-order chi connectivity index (χ0) is 16.9. The van der Waals surface area contributed by atoms with Crippen LogP contribution in [0.15, 0.2) is 41.5 Å². The molecule has 0 unspecified atom stereocenters. The summed E-state index contributed by atoms with van der Waals surface area (Å²) in [4.78, 5) is 32.4. The minimum Gasteiger partial charge on any atom is -0.335 e. The van der Waals surface area contributed by atoms with E-state index in [1.165, 1.54) is 22.4 Å². The number of hydrogen-bond donors (Lipinski definition) is 0. The van der Waals surface area contributed by atoms with Gasteiger partial charge in [0.15, 0.2) is 0 Å². The van der Waals surface area contributed by atoms with Crippen molar-refractivity contribution in [2.45, 2.75) is 20.0 Å². The van der Waals surface area contributed by atoms with E-state index >= 15 is 0 Å². The minimum atomic E-state index is -0.185. The zero-order valence-electron chi connectivity index (χ0n) is 13.8. The highest BCUT2D eigenvalue weighted by Gasteiger charge is 2.23. The van der Waals surface area contributed by atoms with Crippen LogP contribution in [0.4, 0.5) is 0 Å². The van der Waals surface area contributed by atoms with Gasteiger partial charge in [-0.15, -0.1) is 0 Å². The normalized spacial score (nSPS) is 15.5. The van der Waals surface area contributed by atoms with Crippen molar-refractivity contribution in [2.24, 2.45) is 0 Å². The summed E-state index contributed by atoms with van der Waals surface area (Å²) in [5.74, 6) is -0.113. The number of carbonyl (C=O) groups is 1. The van der Waals surface area contributed by atoms with Crippen LogP contribution < -0.4 is 5.56 Å². The number of carbonyl (C=O) groups excluding carboxylic acids is 1. The predicted octanol–water partition coefficient (Wildman–Crippen LogP) is 0.616. The summed E-state index contributed by atoms with van der Waals surface area (Å²) in [7, 11) is 0. The smallest absolute Gasteiger partial charge is 0.274 e. The van der Waals surface area contributed by atoms with Crippen molar-refractivity contribution in [1.29, 1.82) is 0 Å². The highest BCUT2D eigenvalue weighted by atomic mass is 16.2. The number of hydrogen-bond acceptors (Lipinski definition) is 5. The lowest BCUT2D eigenvalue weighted by Crippen LogP contribution is -2.48. The van der Waals surface area contributed by atoms with Crippen molar-refractivity contribution >= 4 is 5.91 Å². The first-order valence-corrected chi connectivity index (χ1v) is 8.16. The number of piperazine rings is 1. The van der Waals surface area contributed by atoms with Gasteiger partial charge in [0, 0.05) is 57.7 Å². The molecule has 3 heterocycles. The molecule has 0 aliphatic carbocycles. The quantitative estimate of drug-likeness (QED) is 0.823.